The Labute approximate surface area is 93.1 Å². The average molecular weight is 212 g/mol. The zero-order chi connectivity index (χ0) is 11.3. The van der Waals surface area contributed by atoms with Crippen LogP contribution in [0.4, 0.5) is 0 Å². The summed E-state index contributed by atoms with van der Waals surface area (Å²) in [5, 5.41) is 9.79. The third kappa shape index (κ3) is 4.78. The Morgan fingerprint density at radius 3 is 2.47 bits per heavy atom. The van der Waals surface area contributed by atoms with E-state index in [1.807, 2.05) is 13.8 Å². The molecule has 0 radical (unpaired) electrons. The van der Waals surface area contributed by atoms with Crippen LogP contribution in [0.3, 0.4) is 0 Å². The van der Waals surface area contributed by atoms with Crippen LogP contribution in [0.25, 0.3) is 0 Å². The molecule has 1 aliphatic carbocycles. The number of aliphatic hydroxyl groups excluding tert-OH is 1. The fourth-order valence-electron chi connectivity index (χ4n) is 2.35. The molecule has 0 bridgehead atoms. The molecule has 1 unspecified atom stereocenters. The van der Waals surface area contributed by atoms with Crippen molar-refractivity contribution in [1.29, 1.82) is 0 Å². The lowest BCUT2D eigenvalue weighted by molar-refractivity contribution is -0.122. The van der Waals surface area contributed by atoms with E-state index in [-0.39, 0.29) is 17.8 Å². The highest BCUT2D eigenvalue weighted by molar-refractivity contribution is 5.80. The van der Waals surface area contributed by atoms with Crippen molar-refractivity contribution < 1.29 is 9.90 Å². The quantitative estimate of drug-likeness (QED) is 0.735. The minimum atomic E-state index is -0.254. The van der Waals surface area contributed by atoms with Crippen molar-refractivity contribution >= 4 is 5.78 Å². The maximum absolute atomic E-state index is 11.4. The first-order valence-electron chi connectivity index (χ1n) is 6.30. The summed E-state index contributed by atoms with van der Waals surface area (Å²) in [5.74, 6) is 1.11. The van der Waals surface area contributed by atoms with Gasteiger partial charge in [0.2, 0.25) is 0 Å². The van der Waals surface area contributed by atoms with Crippen molar-refractivity contribution in [3.8, 4) is 0 Å². The molecule has 0 spiro atoms. The van der Waals surface area contributed by atoms with Gasteiger partial charge < -0.3 is 5.11 Å². The molecule has 0 aromatic carbocycles. The smallest absolute Gasteiger partial charge is 0.135 e. The minimum Gasteiger partial charge on any atom is -0.393 e. The fourth-order valence-corrected chi connectivity index (χ4v) is 2.35. The van der Waals surface area contributed by atoms with Crippen LogP contribution >= 0.6 is 0 Å². The van der Waals surface area contributed by atoms with Crippen molar-refractivity contribution in [2.45, 2.75) is 64.9 Å². The van der Waals surface area contributed by atoms with Gasteiger partial charge in [-0.3, -0.25) is 4.79 Å². The van der Waals surface area contributed by atoms with E-state index in [1.165, 1.54) is 25.7 Å². The van der Waals surface area contributed by atoms with Gasteiger partial charge in [0.1, 0.15) is 5.78 Å². The summed E-state index contributed by atoms with van der Waals surface area (Å²) in [6.45, 7) is 3.84. The number of carbonyl (C=O) groups excluding carboxylic acids is 1. The van der Waals surface area contributed by atoms with Crippen molar-refractivity contribution in [2.75, 3.05) is 0 Å². The number of Topliss-reactive ketones (excluding diaryl/α,β-unsaturated/α-hetero) is 1. The van der Waals surface area contributed by atoms with Gasteiger partial charge in [0.05, 0.1) is 6.10 Å². The number of aliphatic hydroxyl groups is 1. The minimum absolute atomic E-state index is 0.115. The van der Waals surface area contributed by atoms with Gasteiger partial charge >= 0.3 is 0 Å². The van der Waals surface area contributed by atoms with Crippen molar-refractivity contribution in [1.82, 2.24) is 0 Å². The Morgan fingerprint density at radius 2 is 1.93 bits per heavy atom. The third-order valence-corrected chi connectivity index (χ3v) is 3.45. The van der Waals surface area contributed by atoms with E-state index in [9.17, 15) is 9.90 Å². The molecule has 1 rings (SSSR count). The second-order valence-corrected chi connectivity index (χ2v) is 5.20. The molecule has 0 amide bonds. The van der Waals surface area contributed by atoms with Gasteiger partial charge in [-0.05, 0) is 18.8 Å². The third-order valence-electron chi connectivity index (χ3n) is 3.45. The standard InChI is InChI=1S/C13H24O2/c1-10(2)13(15)8-7-12(14)9-11-5-3-4-6-11/h10-12,14H,3-9H2,1-2H3. The SMILES string of the molecule is CC(C)C(=O)CCC(O)CC1CCCC1. The molecule has 2 nitrogen and oxygen atoms in total. The lowest BCUT2D eigenvalue weighted by Gasteiger charge is -2.15. The number of hydrogen-bond acceptors (Lipinski definition) is 2. The molecule has 1 atom stereocenters. The lowest BCUT2D eigenvalue weighted by Crippen LogP contribution is -2.15. The molecular weight excluding hydrogens is 188 g/mol. The molecule has 1 saturated carbocycles. The molecular formula is C13H24O2. The second-order valence-electron chi connectivity index (χ2n) is 5.20. The molecule has 1 aliphatic rings. The molecule has 1 fully saturated rings. The van der Waals surface area contributed by atoms with E-state index in [0.717, 1.165) is 6.42 Å². The number of carbonyl (C=O) groups is 1. The van der Waals surface area contributed by atoms with E-state index >= 15 is 0 Å². The fraction of sp³-hybridized carbons (Fsp3) is 0.923. The van der Waals surface area contributed by atoms with E-state index in [4.69, 9.17) is 0 Å². The van der Waals surface area contributed by atoms with Gasteiger partial charge in [-0.15, -0.1) is 0 Å². The first-order valence-corrected chi connectivity index (χ1v) is 6.30. The summed E-state index contributed by atoms with van der Waals surface area (Å²) < 4.78 is 0. The largest absolute Gasteiger partial charge is 0.393 e. The van der Waals surface area contributed by atoms with Crippen LogP contribution in [0.1, 0.15) is 58.8 Å². The molecule has 0 heterocycles. The topological polar surface area (TPSA) is 37.3 Å². The Bertz CT molecular complexity index is 193. The normalized spacial score (nSPS) is 19.7. The van der Waals surface area contributed by atoms with E-state index in [0.29, 0.717) is 18.8 Å². The van der Waals surface area contributed by atoms with Gasteiger partial charge in [-0.25, -0.2) is 0 Å². The number of ketones is 1. The van der Waals surface area contributed by atoms with Crippen molar-refractivity contribution in [3.63, 3.8) is 0 Å². The van der Waals surface area contributed by atoms with Gasteiger partial charge in [-0.2, -0.15) is 0 Å². The summed E-state index contributed by atoms with van der Waals surface area (Å²) in [6, 6.07) is 0. The van der Waals surface area contributed by atoms with Crippen LogP contribution < -0.4 is 0 Å². The molecule has 0 saturated heterocycles. The zero-order valence-electron chi connectivity index (χ0n) is 10.0. The zero-order valence-corrected chi connectivity index (χ0v) is 10.0. The molecule has 0 aromatic rings. The maximum atomic E-state index is 11.4. The predicted molar refractivity (Wildman–Crippen MR) is 61.7 cm³/mol. The highest BCUT2D eigenvalue weighted by Gasteiger charge is 2.19. The first-order chi connectivity index (χ1) is 7.09. The molecule has 0 aromatic heterocycles. The van der Waals surface area contributed by atoms with Crippen LogP contribution in [0, 0.1) is 11.8 Å². The van der Waals surface area contributed by atoms with Crippen LogP contribution in [0.15, 0.2) is 0 Å². The summed E-state index contributed by atoms with van der Waals surface area (Å²) in [5.41, 5.74) is 0. The second kappa shape index (κ2) is 6.26. The molecule has 88 valence electrons. The monoisotopic (exact) mass is 212 g/mol. The molecule has 0 aliphatic heterocycles. The highest BCUT2D eigenvalue weighted by Crippen LogP contribution is 2.29. The highest BCUT2D eigenvalue weighted by atomic mass is 16.3. The van der Waals surface area contributed by atoms with Gasteiger partial charge in [0, 0.05) is 12.3 Å². The van der Waals surface area contributed by atoms with Gasteiger partial charge in [0.25, 0.3) is 0 Å². The number of hydrogen-bond donors (Lipinski definition) is 1. The molecule has 15 heavy (non-hydrogen) atoms. The molecule has 1 N–H and O–H groups in total. The Kier molecular flexibility index (Phi) is 5.30. The summed E-state index contributed by atoms with van der Waals surface area (Å²) in [7, 11) is 0. The Balaban J connectivity index is 2.12. The Hall–Kier alpha value is -0.370. The van der Waals surface area contributed by atoms with Crippen LogP contribution in [-0.4, -0.2) is 17.0 Å². The summed E-state index contributed by atoms with van der Waals surface area (Å²) in [6.07, 6.45) is 7.05. The van der Waals surface area contributed by atoms with Crippen LogP contribution in [-0.2, 0) is 4.79 Å². The van der Waals surface area contributed by atoms with Crippen LogP contribution in [0.2, 0.25) is 0 Å². The lowest BCUT2D eigenvalue weighted by atomic mass is 9.95. The van der Waals surface area contributed by atoms with Gasteiger partial charge in [-0.1, -0.05) is 39.5 Å². The number of rotatable bonds is 6. The van der Waals surface area contributed by atoms with Crippen molar-refractivity contribution in [3.05, 3.63) is 0 Å². The summed E-state index contributed by atoms with van der Waals surface area (Å²) >= 11 is 0. The first kappa shape index (κ1) is 12.7. The van der Waals surface area contributed by atoms with E-state index in [2.05, 4.69) is 0 Å². The summed E-state index contributed by atoms with van der Waals surface area (Å²) in [4.78, 5) is 11.4. The van der Waals surface area contributed by atoms with Crippen LogP contribution in [0.5, 0.6) is 0 Å². The van der Waals surface area contributed by atoms with Gasteiger partial charge in [0.15, 0.2) is 0 Å². The maximum Gasteiger partial charge on any atom is 0.135 e. The predicted octanol–water partition coefficient (Wildman–Crippen LogP) is 2.93. The average Bonchev–Trinajstić information content (AvgIpc) is 2.66. The Morgan fingerprint density at radius 1 is 1.33 bits per heavy atom. The van der Waals surface area contributed by atoms with E-state index < -0.39 is 0 Å². The molecule has 2 heteroatoms. The van der Waals surface area contributed by atoms with Crippen molar-refractivity contribution in [2.24, 2.45) is 11.8 Å². The van der Waals surface area contributed by atoms with E-state index in [1.54, 1.807) is 0 Å².